The van der Waals surface area contributed by atoms with Crippen molar-refractivity contribution < 1.29 is 0 Å². The highest BCUT2D eigenvalue weighted by Gasteiger charge is 2.10. The van der Waals surface area contributed by atoms with Gasteiger partial charge in [0.25, 0.3) is 5.56 Å². The number of aromatic nitrogens is 2. The number of aromatic amines is 1. The van der Waals surface area contributed by atoms with Crippen LogP contribution in [0.15, 0.2) is 39.9 Å². The van der Waals surface area contributed by atoms with Crippen molar-refractivity contribution in [1.82, 2.24) is 9.97 Å². The van der Waals surface area contributed by atoms with E-state index >= 15 is 0 Å². The number of nitrogens with two attached hydrogens (primary N) is 1. The van der Waals surface area contributed by atoms with Crippen LogP contribution in [0.1, 0.15) is 18.5 Å². The Morgan fingerprint density at radius 1 is 1.44 bits per heavy atom. The molecule has 6 heteroatoms. The average Bonchev–Trinajstić information content (AvgIpc) is 2.35. The van der Waals surface area contributed by atoms with Crippen LogP contribution in [0.5, 0.6) is 0 Å². The maximum absolute atomic E-state index is 11.4. The van der Waals surface area contributed by atoms with E-state index in [1.54, 1.807) is 0 Å². The minimum absolute atomic E-state index is 0.102. The van der Waals surface area contributed by atoms with E-state index in [0.717, 1.165) is 11.3 Å². The fourth-order valence-electron chi connectivity index (χ4n) is 1.61. The molecule has 1 heterocycles. The summed E-state index contributed by atoms with van der Waals surface area (Å²) in [6.45, 7) is 1.90. The van der Waals surface area contributed by atoms with Crippen LogP contribution in [0.3, 0.4) is 0 Å². The maximum Gasteiger partial charge on any atom is 0.267 e. The second-order valence-electron chi connectivity index (χ2n) is 3.90. The first-order valence-corrected chi connectivity index (χ1v) is 6.23. The molecule has 1 unspecified atom stereocenters. The molecule has 0 bridgehead atoms. The monoisotopic (exact) mass is 308 g/mol. The van der Waals surface area contributed by atoms with Crippen molar-refractivity contribution in [2.75, 3.05) is 5.32 Å². The second-order valence-corrected chi connectivity index (χ2v) is 4.69. The SMILES string of the molecule is CC(N)c1ccccc1Nc1nc[nH]c(=O)c1Br. The van der Waals surface area contributed by atoms with Gasteiger partial charge in [0.05, 0.1) is 6.33 Å². The molecule has 0 saturated heterocycles. The number of benzene rings is 1. The molecule has 0 aliphatic rings. The number of anilines is 2. The highest BCUT2D eigenvalue weighted by Crippen LogP contribution is 2.25. The number of rotatable bonds is 3. The van der Waals surface area contributed by atoms with E-state index in [1.807, 2.05) is 31.2 Å². The first kappa shape index (κ1) is 12.8. The van der Waals surface area contributed by atoms with Crippen LogP contribution >= 0.6 is 15.9 Å². The number of halogens is 1. The Kier molecular flexibility index (Phi) is 3.78. The molecular weight excluding hydrogens is 296 g/mol. The van der Waals surface area contributed by atoms with E-state index in [2.05, 4.69) is 31.2 Å². The van der Waals surface area contributed by atoms with Crippen LogP contribution in [-0.4, -0.2) is 9.97 Å². The Morgan fingerprint density at radius 2 is 2.17 bits per heavy atom. The fraction of sp³-hybridized carbons (Fsp3) is 0.167. The molecule has 0 aliphatic carbocycles. The van der Waals surface area contributed by atoms with Gasteiger partial charge < -0.3 is 16.0 Å². The lowest BCUT2D eigenvalue weighted by molar-refractivity contribution is 0.820. The van der Waals surface area contributed by atoms with Gasteiger partial charge in [-0.25, -0.2) is 4.98 Å². The number of hydrogen-bond acceptors (Lipinski definition) is 4. The summed E-state index contributed by atoms with van der Waals surface area (Å²) in [4.78, 5) is 18.0. The molecule has 0 saturated carbocycles. The Morgan fingerprint density at radius 3 is 2.89 bits per heavy atom. The molecule has 18 heavy (non-hydrogen) atoms. The smallest absolute Gasteiger partial charge is 0.267 e. The van der Waals surface area contributed by atoms with Gasteiger partial charge >= 0.3 is 0 Å². The molecule has 2 aromatic rings. The van der Waals surface area contributed by atoms with Crippen molar-refractivity contribution in [3.8, 4) is 0 Å². The minimum Gasteiger partial charge on any atom is -0.339 e. The predicted molar refractivity (Wildman–Crippen MR) is 74.9 cm³/mol. The zero-order valence-corrected chi connectivity index (χ0v) is 11.4. The number of nitrogens with zero attached hydrogens (tertiary/aromatic N) is 1. The molecule has 0 amide bonds. The zero-order chi connectivity index (χ0) is 13.1. The summed E-state index contributed by atoms with van der Waals surface area (Å²) in [6.07, 6.45) is 1.35. The van der Waals surface area contributed by atoms with E-state index < -0.39 is 0 Å². The van der Waals surface area contributed by atoms with Crippen molar-refractivity contribution in [1.29, 1.82) is 0 Å². The predicted octanol–water partition coefficient (Wildman–Crippen LogP) is 2.30. The van der Waals surface area contributed by atoms with E-state index in [0.29, 0.717) is 10.3 Å². The van der Waals surface area contributed by atoms with Crippen LogP contribution in [0.4, 0.5) is 11.5 Å². The number of para-hydroxylation sites is 1. The van der Waals surface area contributed by atoms with Crippen LogP contribution in [-0.2, 0) is 0 Å². The van der Waals surface area contributed by atoms with Gasteiger partial charge in [0.2, 0.25) is 0 Å². The first-order chi connectivity index (χ1) is 8.59. The summed E-state index contributed by atoms with van der Waals surface area (Å²) in [5.74, 6) is 0.465. The first-order valence-electron chi connectivity index (χ1n) is 5.44. The van der Waals surface area contributed by atoms with Crippen molar-refractivity contribution in [3.63, 3.8) is 0 Å². The number of hydrogen-bond donors (Lipinski definition) is 3. The van der Waals surface area contributed by atoms with Crippen LogP contribution in [0, 0.1) is 0 Å². The summed E-state index contributed by atoms with van der Waals surface area (Å²) in [5.41, 5.74) is 7.47. The molecule has 0 fully saturated rings. The fourth-order valence-corrected chi connectivity index (χ4v) is 1.92. The van der Waals surface area contributed by atoms with E-state index in [-0.39, 0.29) is 11.6 Å². The molecule has 2 rings (SSSR count). The molecule has 0 aliphatic heterocycles. The quantitative estimate of drug-likeness (QED) is 0.812. The summed E-state index contributed by atoms with van der Waals surface area (Å²) < 4.78 is 0.365. The van der Waals surface area contributed by atoms with Crippen LogP contribution < -0.4 is 16.6 Å². The molecule has 1 aromatic carbocycles. The normalized spacial score (nSPS) is 12.2. The summed E-state index contributed by atoms with van der Waals surface area (Å²) >= 11 is 3.20. The van der Waals surface area contributed by atoms with Gasteiger partial charge in [-0.2, -0.15) is 0 Å². The highest BCUT2D eigenvalue weighted by molar-refractivity contribution is 9.10. The van der Waals surface area contributed by atoms with Gasteiger partial charge in [-0.15, -0.1) is 0 Å². The topological polar surface area (TPSA) is 83.8 Å². The summed E-state index contributed by atoms with van der Waals surface area (Å²) in [5, 5.41) is 3.10. The third-order valence-corrected chi connectivity index (χ3v) is 3.24. The molecule has 94 valence electrons. The van der Waals surface area contributed by atoms with Crippen molar-refractivity contribution in [2.45, 2.75) is 13.0 Å². The second kappa shape index (κ2) is 5.32. The van der Waals surface area contributed by atoms with Crippen LogP contribution in [0.25, 0.3) is 0 Å². The Balaban J connectivity index is 2.40. The van der Waals surface area contributed by atoms with E-state index in [4.69, 9.17) is 5.73 Å². The Hall–Kier alpha value is -1.66. The van der Waals surface area contributed by atoms with Gasteiger partial charge in [0.15, 0.2) is 5.82 Å². The van der Waals surface area contributed by atoms with Gasteiger partial charge in [-0.05, 0) is 34.5 Å². The highest BCUT2D eigenvalue weighted by atomic mass is 79.9. The Labute approximate surface area is 113 Å². The zero-order valence-electron chi connectivity index (χ0n) is 9.77. The van der Waals surface area contributed by atoms with Gasteiger partial charge in [-0.3, -0.25) is 4.79 Å². The van der Waals surface area contributed by atoms with Crippen LogP contribution in [0.2, 0.25) is 0 Å². The van der Waals surface area contributed by atoms with Crippen molar-refractivity contribution >= 4 is 27.4 Å². The molecule has 0 spiro atoms. The van der Waals surface area contributed by atoms with Gasteiger partial charge in [0, 0.05) is 11.7 Å². The largest absolute Gasteiger partial charge is 0.339 e. The van der Waals surface area contributed by atoms with Gasteiger partial charge in [0.1, 0.15) is 4.47 Å². The summed E-state index contributed by atoms with van der Waals surface area (Å²) in [6, 6.07) is 7.55. The van der Waals surface area contributed by atoms with Crippen molar-refractivity contribution in [3.05, 3.63) is 51.0 Å². The molecular formula is C12H13BrN4O. The van der Waals surface area contributed by atoms with Gasteiger partial charge in [-0.1, -0.05) is 18.2 Å². The lowest BCUT2D eigenvalue weighted by atomic mass is 10.1. The average molecular weight is 309 g/mol. The summed E-state index contributed by atoms with van der Waals surface area (Å²) in [7, 11) is 0. The molecule has 1 aromatic heterocycles. The maximum atomic E-state index is 11.4. The lowest BCUT2D eigenvalue weighted by Gasteiger charge is -2.14. The lowest BCUT2D eigenvalue weighted by Crippen LogP contribution is -2.12. The third kappa shape index (κ3) is 2.60. The van der Waals surface area contributed by atoms with E-state index in [1.165, 1.54) is 6.33 Å². The van der Waals surface area contributed by atoms with E-state index in [9.17, 15) is 4.79 Å². The third-order valence-electron chi connectivity index (χ3n) is 2.50. The number of H-pyrrole nitrogens is 1. The molecule has 4 N–H and O–H groups in total. The van der Waals surface area contributed by atoms with Crippen molar-refractivity contribution in [2.24, 2.45) is 5.73 Å². The minimum atomic E-state index is -0.231. The molecule has 5 nitrogen and oxygen atoms in total. The number of nitrogens with one attached hydrogen (secondary N) is 2. The molecule has 0 radical (unpaired) electrons. The Bertz CT molecular complexity index is 609. The molecule has 1 atom stereocenters. The standard InChI is InChI=1S/C12H13BrN4O/c1-7(14)8-4-2-3-5-9(8)17-11-10(13)12(18)16-6-15-11/h2-7H,14H2,1H3,(H2,15,16,17,18).